The molecule has 0 unspecified atom stereocenters. The van der Waals surface area contributed by atoms with Gasteiger partial charge in [0.1, 0.15) is 10.7 Å². The number of hydrogen-bond donors (Lipinski definition) is 2. The van der Waals surface area contributed by atoms with Gasteiger partial charge in [-0.15, -0.1) is 11.3 Å². The first kappa shape index (κ1) is 15.2. The highest BCUT2D eigenvalue weighted by atomic mass is 35.5. The van der Waals surface area contributed by atoms with Crippen LogP contribution >= 0.6 is 22.9 Å². The van der Waals surface area contributed by atoms with Crippen LogP contribution in [0.2, 0.25) is 5.02 Å². The van der Waals surface area contributed by atoms with E-state index in [1.807, 2.05) is 0 Å². The first-order valence-corrected chi connectivity index (χ1v) is 8.28. The van der Waals surface area contributed by atoms with Crippen LogP contribution in [0.3, 0.4) is 0 Å². The molecule has 0 spiro atoms. The van der Waals surface area contributed by atoms with Crippen molar-refractivity contribution in [1.29, 1.82) is 0 Å². The van der Waals surface area contributed by atoms with Crippen molar-refractivity contribution < 1.29 is 12.8 Å². The number of rotatable bonds is 4. The van der Waals surface area contributed by atoms with Gasteiger partial charge < -0.3 is 5.73 Å². The van der Waals surface area contributed by atoms with Gasteiger partial charge in [-0.25, -0.2) is 12.8 Å². The zero-order chi connectivity index (χ0) is 14.9. The lowest BCUT2D eigenvalue weighted by Crippen LogP contribution is -2.13. The van der Waals surface area contributed by atoms with E-state index < -0.39 is 15.8 Å². The third-order valence-corrected chi connectivity index (χ3v) is 5.60. The number of halogens is 2. The molecule has 2 aromatic rings. The summed E-state index contributed by atoms with van der Waals surface area (Å²) in [6, 6.07) is 5.25. The molecule has 0 aliphatic heterocycles. The molecule has 108 valence electrons. The lowest BCUT2D eigenvalue weighted by Gasteiger charge is -2.08. The molecule has 1 aromatic heterocycles. The number of nitrogens with one attached hydrogen (secondary N) is 1. The van der Waals surface area contributed by atoms with E-state index in [4.69, 9.17) is 17.3 Å². The van der Waals surface area contributed by atoms with E-state index in [9.17, 15) is 12.8 Å². The number of thiophene rings is 1. The fraction of sp³-hybridized carbons (Fsp3) is 0.167. The van der Waals surface area contributed by atoms with Gasteiger partial charge in [-0.3, -0.25) is 4.72 Å². The summed E-state index contributed by atoms with van der Waals surface area (Å²) in [5, 5.41) is -0.0647. The van der Waals surface area contributed by atoms with Crippen LogP contribution in [0, 0.1) is 12.7 Å². The van der Waals surface area contributed by atoms with Gasteiger partial charge in [0.2, 0.25) is 0 Å². The van der Waals surface area contributed by atoms with E-state index >= 15 is 0 Å². The number of benzene rings is 1. The molecule has 0 aliphatic carbocycles. The molecular weight excluding hydrogens is 323 g/mol. The fourth-order valence-electron chi connectivity index (χ4n) is 1.66. The van der Waals surface area contributed by atoms with Gasteiger partial charge >= 0.3 is 0 Å². The lowest BCUT2D eigenvalue weighted by atomic mass is 10.3. The van der Waals surface area contributed by atoms with E-state index in [2.05, 4.69) is 4.72 Å². The molecule has 0 amide bonds. The van der Waals surface area contributed by atoms with Gasteiger partial charge in [0.25, 0.3) is 10.0 Å². The first-order chi connectivity index (χ1) is 9.33. The van der Waals surface area contributed by atoms with Gasteiger partial charge in [-0.1, -0.05) is 11.6 Å². The SMILES string of the molecule is Cc1sc(CN)cc1S(=O)(=O)Nc1ccc(Cl)c(F)c1. The standard InChI is InChI=1S/C12H12ClFN2O2S2/c1-7-12(5-9(6-15)19-7)20(17,18)16-8-2-3-10(13)11(14)4-8/h2-5,16H,6,15H2,1H3. The number of anilines is 1. The second-order valence-electron chi connectivity index (χ2n) is 4.07. The van der Waals surface area contributed by atoms with E-state index in [1.165, 1.54) is 29.5 Å². The molecule has 4 nitrogen and oxygen atoms in total. The molecule has 1 aromatic carbocycles. The van der Waals surface area contributed by atoms with Crippen molar-refractivity contribution in [3.63, 3.8) is 0 Å². The van der Waals surface area contributed by atoms with Crippen LogP contribution in [0.1, 0.15) is 9.75 Å². The van der Waals surface area contributed by atoms with Crippen LogP contribution < -0.4 is 10.5 Å². The lowest BCUT2D eigenvalue weighted by molar-refractivity contribution is 0.601. The van der Waals surface area contributed by atoms with Crippen molar-refractivity contribution >= 4 is 38.6 Å². The summed E-state index contributed by atoms with van der Waals surface area (Å²) in [4.78, 5) is 1.55. The molecule has 20 heavy (non-hydrogen) atoms. The Morgan fingerprint density at radius 2 is 2.10 bits per heavy atom. The maximum atomic E-state index is 13.3. The van der Waals surface area contributed by atoms with Crippen LogP contribution in [0.25, 0.3) is 0 Å². The van der Waals surface area contributed by atoms with Crippen molar-refractivity contribution in [2.24, 2.45) is 5.73 Å². The van der Waals surface area contributed by atoms with E-state index in [0.717, 1.165) is 10.9 Å². The summed E-state index contributed by atoms with van der Waals surface area (Å²) in [6.45, 7) is 1.97. The van der Waals surface area contributed by atoms with Gasteiger partial charge in [0, 0.05) is 16.3 Å². The Morgan fingerprint density at radius 1 is 1.40 bits per heavy atom. The minimum atomic E-state index is -3.77. The van der Waals surface area contributed by atoms with Gasteiger partial charge in [0.05, 0.1) is 10.7 Å². The molecule has 0 fully saturated rings. The van der Waals surface area contributed by atoms with Crippen LogP contribution in [0.15, 0.2) is 29.2 Å². The average molecular weight is 335 g/mol. The highest BCUT2D eigenvalue weighted by Crippen LogP contribution is 2.28. The zero-order valence-corrected chi connectivity index (χ0v) is 12.9. The molecule has 2 rings (SSSR count). The molecule has 0 aliphatic rings. The Kier molecular flexibility index (Phi) is 4.33. The van der Waals surface area contributed by atoms with Crippen molar-refractivity contribution in [1.82, 2.24) is 0 Å². The summed E-state index contributed by atoms with van der Waals surface area (Å²) < 4.78 is 40.1. The molecule has 0 bridgehead atoms. The highest BCUT2D eigenvalue weighted by molar-refractivity contribution is 7.93. The molecule has 0 saturated carbocycles. The minimum absolute atomic E-state index is 0.0647. The van der Waals surface area contributed by atoms with Gasteiger partial charge in [0.15, 0.2) is 0 Å². The van der Waals surface area contributed by atoms with Crippen molar-refractivity contribution in [2.75, 3.05) is 4.72 Å². The Bertz CT molecular complexity index is 744. The highest BCUT2D eigenvalue weighted by Gasteiger charge is 2.20. The van der Waals surface area contributed by atoms with E-state index in [0.29, 0.717) is 4.88 Å². The fourth-order valence-corrected chi connectivity index (χ4v) is 4.34. The second kappa shape index (κ2) is 5.69. The monoisotopic (exact) mass is 334 g/mol. The maximum absolute atomic E-state index is 13.3. The van der Waals surface area contributed by atoms with Gasteiger partial charge in [-0.2, -0.15) is 0 Å². The topological polar surface area (TPSA) is 72.2 Å². The average Bonchev–Trinajstić information content (AvgIpc) is 2.76. The van der Waals surface area contributed by atoms with Crippen molar-refractivity contribution in [2.45, 2.75) is 18.4 Å². The molecular formula is C12H12ClFN2O2S2. The molecule has 0 saturated heterocycles. The summed E-state index contributed by atoms with van der Waals surface area (Å²) >= 11 is 6.87. The molecule has 3 N–H and O–H groups in total. The van der Waals surface area contributed by atoms with Crippen molar-refractivity contribution in [3.8, 4) is 0 Å². The summed E-state index contributed by atoms with van der Waals surface area (Å²) in [5.74, 6) is -0.684. The molecule has 0 atom stereocenters. The summed E-state index contributed by atoms with van der Waals surface area (Å²) in [7, 11) is -3.77. The number of sulfonamides is 1. The summed E-state index contributed by atoms with van der Waals surface area (Å²) in [5.41, 5.74) is 5.61. The van der Waals surface area contributed by atoms with Crippen molar-refractivity contribution in [3.05, 3.63) is 44.9 Å². The molecule has 8 heteroatoms. The smallest absolute Gasteiger partial charge is 0.263 e. The third kappa shape index (κ3) is 3.12. The normalized spacial score (nSPS) is 11.6. The predicted octanol–water partition coefficient (Wildman–Crippen LogP) is 3.11. The van der Waals surface area contributed by atoms with Crippen LogP contribution in [0.4, 0.5) is 10.1 Å². The summed E-state index contributed by atoms with van der Waals surface area (Å²) in [6.07, 6.45) is 0. The zero-order valence-electron chi connectivity index (χ0n) is 10.5. The van der Waals surface area contributed by atoms with E-state index in [-0.39, 0.29) is 22.2 Å². The van der Waals surface area contributed by atoms with Crippen LogP contribution in [-0.4, -0.2) is 8.42 Å². The minimum Gasteiger partial charge on any atom is -0.326 e. The third-order valence-electron chi connectivity index (χ3n) is 2.59. The Balaban J connectivity index is 2.35. The van der Waals surface area contributed by atoms with Crippen LogP contribution in [0.5, 0.6) is 0 Å². The number of aryl methyl sites for hydroxylation is 1. The first-order valence-electron chi connectivity index (χ1n) is 5.60. The quantitative estimate of drug-likeness (QED) is 0.902. The largest absolute Gasteiger partial charge is 0.326 e. The second-order valence-corrected chi connectivity index (χ2v) is 7.47. The number of nitrogens with two attached hydrogens (primary N) is 1. The van der Waals surface area contributed by atoms with Crippen LogP contribution in [-0.2, 0) is 16.6 Å². The number of hydrogen-bond acceptors (Lipinski definition) is 4. The van der Waals surface area contributed by atoms with Gasteiger partial charge in [-0.05, 0) is 31.2 Å². The maximum Gasteiger partial charge on any atom is 0.263 e. The Labute approximate surface area is 125 Å². The Morgan fingerprint density at radius 3 is 2.65 bits per heavy atom. The molecule has 0 radical (unpaired) electrons. The molecule has 1 heterocycles. The van der Waals surface area contributed by atoms with E-state index in [1.54, 1.807) is 6.92 Å². The Hall–Kier alpha value is -1.15. The predicted molar refractivity (Wildman–Crippen MR) is 79.2 cm³/mol.